The van der Waals surface area contributed by atoms with Crippen molar-refractivity contribution in [3.05, 3.63) is 29.3 Å². The smallest absolute Gasteiger partial charge is 0.434 e. The van der Waals surface area contributed by atoms with Gasteiger partial charge in [-0.2, -0.15) is 0 Å². The van der Waals surface area contributed by atoms with E-state index in [1.165, 1.54) is 0 Å². The monoisotopic (exact) mass is 410 g/mol. The molecule has 0 aromatic heterocycles. The summed E-state index contributed by atoms with van der Waals surface area (Å²) in [4.78, 5) is 12.2. The van der Waals surface area contributed by atoms with Crippen LogP contribution in [0.2, 0.25) is 0 Å². The number of benzene rings is 1. The van der Waals surface area contributed by atoms with Crippen molar-refractivity contribution < 1.29 is 34.0 Å². The summed E-state index contributed by atoms with van der Waals surface area (Å²) in [6.45, 7) is 8.53. The molecule has 1 aromatic carbocycles. The minimum absolute atomic E-state index is 0.151. The highest BCUT2D eigenvalue weighted by Crippen LogP contribution is 2.34. The lowest BCUT2D eigenvalue weighted by Gasteiger charge is -2.31. The van der Waals surface area contributed by atoms with Gasteiger partial charge in [-0.05, 0) is 23.0 Å². The van der Waals surface area contributed by atoms with Gasteiger partial charge in [0.05, 0.1) is 32.0 Å². The van der Waals surface area contributed by atoms with Gasteiger partial charge < -0.3 is 29.2 Å². The van der Waals surface area contributed by atoms with Crippen LogP contribution in [0.4, 0.5) is 4.79 Å². The molecule has 1 aliphatic rings. The maximum Gasteiger partial charge on any atom is 0.513 e. The lowest BCUT2D eigenvalue weighted by molar-refractivity contribution is -0.222. The first-order valence-corrected chi connectivity index (χ1v) is 10.3. The van der Waals surface area contributed by atoms with Gasteiger partial charge in [0.1, 0.15) is 5.75 Å². The molecule has 0 aliphatic carbocycles. The third-order valence-electron chi connectivity index (χ3n) is 4.87. The van der Waals surface area contributed by atoms with Gasteiger partial charge in [0, 0.05) is 19.3 Å². The van der Waals surface area contributed by atoms with Gasteiger partial charge in [-0.1, -0.05) is 45.9 Å². The predicted molar refractivity (Wildman–Crippen MR) is 108 cm³/mol. The number of carbonyl (C=O) groups is 1. The molecular formula is C22H34O7. The van der Waals surface area contributed by atoms with Crippen molar-refractivity contribution in [2.75, 3.05) is 19.8 Å². The minimum atomic E-state index is -0.732. The molecule has 3 atom stereocenters. The molecule has 2 N–H and O–H groups in total. The van der Waals surface area contributed by atoms with E-state index in [4.69, 9.17) is 24.1 Å². The summed E-state index contributed by atoms with van der Waals surface area (Å²) >= 11 is 0. The summed E-state index contributed by atoms with van der Waals surface area (Å²) in [5.41, 5.74) is 1.95. The van der Waals surface area contributed by atoms with Crippen molar-refractivity contribution >= 4 is 6.16 Å². The molecule has 1 heterocycles. The third-order valence-corrected chi connectivity index (χ3v) is 4.87. The van der Waals surface area contributed by atoms with Crippen LogP contribution in [-0.4, -0.2) is 54.7 Å². The Bertz CT molecular complexity index is 618. The maximum absolute atomic E-state index is 12.2. The van der Waals surface area contributed by atoms with Gasteiger partial charge in [0.2, 0.25) is 0 Å². The minimum Gasteiger partial charge on any atom is -0.434 e. The molecule has 29 heavy (non-hydrogen) atoms. The van der Waals surface area contributed by atoms with Crippen molar-refractivity contribution in [2.24, 2.45) is 0 Å². The van der Waals surface area contributed by atoms with Crippen molar-refractivity contribution in [3.63, 3.8) is 0 Å². The fraction of sp³-hybridized carbons (Fsp3) is 0.682. The zero-order chi connectivity index (χ0) is 21.4. The number of hydrogen-bond acceptors (Lipinski definition) is 7. The summed E-state index contributed by atoms with van der Waals surface area (Å²) in [5.74, 6) is 1.02. The molecule has 0 saturated carbocycles. The first-order valence-electron chi connectivity index (χ1n) is 10.3. The quantitative estimate of drug-likeness (QED) is 0.364. The lowest BCUT2D eigenvalue weighted by atomic mass is 9.94. The molecule has 7 nitrogen and oxygen atoms in total. The Balaban J connectivity index is 1.78. The summed E-state index contributed by atoms with van der Waals surface area (Å²) < 4.78 is 21.8. The van der Waals surface area contributed by atoms with Crippen LogP contribution in [0.5, 0.6) is 5.75 Å². The molecule has 0 amide bonds. The molecule has 1 fully saturated rings. The Morgan fingerprint density at radius 3 is 2.38 bits per heavy atom. The number of rotatable bonds is 9. The largest absolute Gasteiger partial charge is 0.513 e. The van der Waals surface area contributed by atoms with Gasteiger partial charge in [-0.25, -0.2) is 4.79 Å². The fourth-order valence-corrected chi connectivity index (χ4v) is 3.32. The molecule has 7 heteroatoms. The van der Waals surface area contributed by atoms with Crippen LogP contribution in [-0.2, 0) is 14.2 Å². The Hall–Kier alpha value is -1.67. The van der Waals surface area contributed by atoms with E-state index < -0.39 is 24.7 Å². The Labute approximate surface area is 172 Å². The SMILES string of the molecule is CC(C)c1cccc(C(C)C)c1OC(=O)OCCCO[C@H]1C[C@@H](O)C[C@@H](CO)O1. The number of ether oxygens (including phenoxy) is 4. The summed E-state index contributed by atoms with van der Waals surface area (Å²) in [6, 6.07) is 5.91. The normalized spacial score (nSPS) is 22.1. The van der Waals surface area contributed by atoms with E-state index in [-0.39, 0.29) is 25.0 Å². The van der Waals surface area contributed by atoms with Crippen LogP contribution in [0.1, 0.15) is 69.9 Å². The molecule has 0 bridgehead atoms. The van der Waals surface area contributed by atoms with E-state index >= 15 is 0 Å². The van der Waals surface area contributed by atoms with Crippen molar-refractivity contribution in [2.45, 2.75) is 77.3 Å². The summed E-state index contributed by atoms with van der Waals surface area (Å²) in [7, 11) is 0. The van der Waals surface area contributed by atoms with E-state index in [9.17, 15) is 9.90 Å². The number of aliphatic hydroxyl groups is 2. The zero-order valence-corrected chi connectivity index (χ0v) is 17.8. The zero-order valence-electron chi connectivity index (χ0n) is 17.8. The van der Waals surface area contributed by atoms with E-state index in [1.54, 1.807) is 0 Å². The maximum atomic E-state index is 12.2. The van der Waals surface area contributed by atoms with Gasteiger partial charge >= 0.3 is 6.16 Å². The molecule has 2 rings (SSSR count). The second-order valence-corrected chi connectivity index (χ2v) is 8.00. The van der Waals surface area contributed by atoms with Gasteiger partial charge in [0.25, 0.3) is 0 Å². The first-order chi connectivity index (χ1) is 13.8. The van der Waals surface area contributed by atoms with Crippen LogP contribution < -0.4 is 4.74 Å². The molecular weight excluding hydrogens is 376 g/mol. The average Bonchev–Trinajstić information content (AvgIpc) is 2.67. The summed E-state index contributed by atoms with van der Waals surface area (Å²) in [5, 5.41) is 18.9. The highest BCUT2D eigenvalue weighted by Gasteiger charge is 2.28. The summed E-state index contributed by atoms with van der Waals surface area (Å²) in [6.07, 6.45) is -1.01. The highest BCUT2D eigenvalue weighted by molar-refractivity contribution is 5.66. The van der Waals surface area contributed by atoms with E-state index in [1.807, 2.05) is 18.2 Å². The number of aliphatic hydroxyl groups excluding tert-OH is 2. The number of carbonyl (C=O) groups excluding carboxylic acids is 1. The highest BCUT2D eigenvalue weighted by atomic mass is 16.7. The van der Waals surface area contributed by atoms with E-state index in [2.05, 4.69) is 27.7 Å². The molecule has 1 aliphatic heterocycles. The third kappa shape index (κ3) is 7.26. The second kappa shape index (κ2) is 11.5. The van der Waals surface area contributed by atoms with Crippen LogP contribution in [0.15, 0.2) is 18.2 Å². The van der Waals surface area contributed by atoms with Crippen molar-refractivity contribution in [1.29, 1.82) is 0 Å². The van der Waals surface area contributed by atoms with Gasteiger partial charge in [0.15, 0.2) is 6.29 Å². The molecule has 0 spiro atoms. The van der Waals surface area contributed by atoms with E-state index in [0.717, 1.165) is 11.1 Å². The standard InChI is InChI=1S/C22H34O7/c1-14(2)18-7-5-8-19(15(3)4)21(18)29-22(25)27-10-6-9-26-20-12-16(24)11-17(13-23)28-20/h5,7-8,14-17,20,23-24H,6,9-13H2,1-4H3/t16-,17-,20+/m0/s1. The predicted octanol–water partition coefficient (Wildman–Crippen LogP) is 3.71. The molecule has 164 valence electrons. The molecule has 0 unspecified atom stereocenters. The molecule has 1 saturated heterocycles. The fourth-order valence-electron chi connectivity index (χ4n) is 3.32. The average molecular weight is 411 g/mol. The van der Waals surface area contributed by atoms with Crippen LogP contribution in [0.25, 0.3) is 0 Å². The van der Waals surface area contributed by atoms with Crippen LogP contribution in [0.3, 0.4) is 0 Å². The van der Waals surface area contributed by atoms with Crippen molar-refractivity contribution in [1.82, 2.24) is 0 Å². The van der Waals surface area contributed by atoms with Crippen LogP contribution >= 0.6 is 0 Å². The Kier molecular flexibility index (Phi) is 9.36. The van der Waals surface area contributed by atoms with Crippen molar-refractivity contribution in [3.8, 4) is 5.75 Å². The number of para-hydroxylation sites is 1. The Morgan fingerprint density at radius 2 is 1.79 bits per heavy atom. The lowest BCUT2D eigenvalue weighted by Crippen LogP contribution is -2.39. The Morgan fingerprint density at radius 1 is 1.14 bits per heavy atom. The van der Waals surface area contributed by atoms with E-state index in [0.29, 0.717) is 31.6 Å². The second-order valence-electron chi connectivity index (χ2n) is 8.00. The van der Waals surface area contributed by atoms with Gasteiger partial charge in [-0.3, -0.25) is 0 Å². The number of hydrogen-bond donors (Lipinski definition) is 2. The van der Waals surface area contributed by atoms with Crippen LogP contribution in [0, 0.1) is 0 Å². The topological polar surface area (TPSA) is 94.5 Å². The van der Waals surface area contributed by atoms with Gasteiger partial charge in [-0.15, -0.1) is 0 Å². The molecule has 0 radical (unpaired) electrons. The first kappa shape index (κ1) is 23.6. The molecule has 1 aromatic rings.